The highest BCUT2D eigenvalue weighted by Gasteiger charge is 2.43. The van der Waals surface area contributed by atoms with Gasteiger partial charge in [0.15, 0.2) is 14.6 Å². The molecule has 0 aliphatic carbocycles. The molecule has 1 aliphatic heterocycles. The Labute approximate surface area is 161 Å². The van der Waals surface area contributed by atoms with Gasteiger partial charge in [-0.2, -0.15) is 0 Å². The fourth-order valence-corrected chi connectivity index (χ4v) is 5.41. The van der Waals surface area contributed by atoms with E-state index < -0.39 is 20.5 Å². The van der Waals surface area contributed by atoms with Gasteiger partial charge in [0.25, 0.3) is 11.8 Å². The number of thioether (sulfide) groups is 1. The molecule has 2 heterocycles. The molecule has 26 heavy (non-hydrogen) atoms. The van der Waals surface area contributed by atoms with Crippen molar-refractivity contribution in [1.29, 1.82) is 0 Å². The molecule has 2 amide bonds. The van der Waals surface area contributed by atoms with Crippen LogP contribution in [0.5, 0.6) is 0 Å². The first kappa shape index (κ1) is 20.9. The van der Waals surface area contributed by atoms with Crippen molar-refractivity contribution < 1.29 is 23.2 Å². The summed E-state index contributed by atoms with van der Waals surface area (Å²) in [6.07, 6.45) is 3.94. The Kier molecular flexibility index (Phi) is 6.54. The first-order chi connectivity index (χ1) is 12.1. The summed E-state index contributed by atoms with van der Waals surface area (Å²) in [6.45, 7) is 3.35. The predicted molar refractivity (Wildman–Crippen MR) is 104 cm³/mol. The first-order valence-corrected chi connectivity index (χ1v) is 11.6. The number of amides is 2. The second-order valence-corrected chi connectivity index (χ2v) is 11.4. The van der Waals surface area contributed by atoms with Gasteiger partial charge in [0.2, 0.25) is 0 Å². The van der Waals surface area contributed by atoms with Gasteiger partial charge in [-0.15, -0.1) is 23.1 Å². The smallest absolute Gasteiger partial charge is 0.264 e. The van der Waals surface area contributed by atoms with Gasteiger partial charge in [0, 0.05) is 27.8 Å². The lowest BCUT2D eigenvalue weighted by atomic mass is 10.1. The van der Waals surface area contributed by atoms with E-state index in [9.17, 15) is 18.0 Å². The SMILES string of the molecule is CC1CC=C(c2ccc(C(=O)NCCC(C)(C(=O)NO)S(C)(=O)=O)s2)S1. The largest absolute Gasteiger partial charge is 0.351 e. The van der Waals surface area contributed by atoms with Crippen LogP contribution in [0.1, 0.15) is 41.2 Å². The van der Waals surface area contributed by atoms with Gasteiger partial charge in [-0.05, 0) is 31.9 Å². The Balaban J connectivity index is 1.98. The summed E-state index contributed by atoms with van der Waals surface area (Å²) in [7, 11) is -3.78. The van der Waals surface area contributed by atoms with Gasteiger partial charge in [-0.1, -0.05) is 13.0 Å². The average molecular weight is 419 g/mol. The maximum Gasteiger partial charge on any atom is 0.264 e. The van der Waals surface area contributed by atoms with Crippen molar-refractivity contribution in [2.45, 2.75) is 36.7 Å². The molecule has 1 aromatic rings. The molecule has 0 aromatic carbocycles. The summed E-state index contributed by atoms with van der Waals surface area (Å²) in [5.74, 6) is -1.34. The highest BCUT2D eigenvalue weighted by atomic mass is 32.2. The quantitative estimate of drug-likeness (QED) is 0.461. The highest BCUT2D eigenvalue weighted by Crippen LogP contribution is 2.41. The molecule has 0 radical (unpaired) electrons. The normalized spacial score (nSPS) is 19.5. The number of nitrogens with one attached hydrogen (secondary N) is 2. The molecule has 0 bridgehead atoms. The number of sulfone groups is 1. The molecule has 144 valence electrons. The third kappa shape index (κ3) is 4.48. The van der Waals surface area contributed by atoms with Crippen molar-refractivity contribution in [3.8, 4) is 0 Å². The summed E-state index contributed by atoms with van der Waals surface area (Å²) < 4.78 is 21.9. The van der Waals surface area contributed by atoms with Crippen molar-refractivity contribution in [3.05, 3.63) is 28.0 Å². The van der Waals surface area contributed by atoms with Gasteiger partial charge in [-0.3, -0.25) is 14.8 Å². The lowest BCUT2D eigenvalue weighted by Gasteiger charge is -2.24. The maximum absolute atomic E-state index is 12.3. The minimum absolute atomic E-state index is 0.0163. The summed E-state index contributed by atoms with van der Waals surface area (Å²) in [5, 5.41) is 12.0. The number of rotatable bonds is 7. The van der Waals surface area contributed by atoms with Gasteiger partial charge >= 0.3 is 0 Å². The molecule has 2 unspecified atom stereocenters. The topological polar surface area (TPSA) is 113 Å². The van der Waals surface area contributed by atoms with Crippen molar-refractivity contribution in [2.24, 2.45) is 0 Å². The van der Waals surface area contributed by atoms with Gasteiger partial charge in [-0.25, -0.2) is 13.9 Å². The molecule has 2 atom stereocenters. The predicted octanol–water partition coefficient (Wildman–Crippen LogP) is 2.04. The van der Waals surface area contributed by atoms with Crippen LogP contribution in [0.15, 0.2) is 18.2 Å². The Morgan fingerprint density at radius 3 is 2.62 bits per heavy atom. The molecule has 0 spiro atoms. The van der Waals surface area contributed by atoms with Crippen molar-refractivity contribution in [3.63, 3.8) is 0 Å². The standard InChI is InChI=1S/C16H22N2O5S3/c1-10-4-5-11(24-10)12-6-7-13(25-12)14(19)17-9-8-16(2,15(20)18-21)26(3,22)23/h5-7,10,21H,4,8-9H2,1-3H3,(H,17,19)(H,18,20). The molecule has 10 heteroatoms. The second-order valence-electron chi connectivity index (χ2n) is 6.35. The zero-order chi connectivity index (χ0) is 19.5. The first-order valence-electron chi connectivity index (χ1n) is 7.98. The van der Waals surface area contributed by atoms with Crippen molar-refractivity contribution >= 4 is 49.7 Å². The molecule has 0 fully saturated rings. The Morgan fingerprint density at radius 1 is 1.38 bits per heavy atom. The number of thiophene rings is 1. The van der Waals surface area contributed by atoms with E-state index in [-0.39, 0.29) is 18.9 Å². The fourth-order valence-electron chi connectivity index (χ4n) is 2.42. The van der Waals surface area contributed by atoms with E-state index in [1.54, 1.807) is 17.8 Å². The van der Waals surface area contributed by atoms with E-state index in [0.717, 1.165) is 17.6 Å². The van der Waals surface area contributed by atoms with E-state index >= 15 is 0 Å². The molecular formula is C16H22N2O5S3. The molecule has 7 nitrogen and oxygen atoms in total. The summed E-state index contributed by atoms with van der Waals surface area (Å²) in [6, 6.07) is 3.63. The van der Waals surface area contributed by atoms with E-state index in [1.165, 1.54) is 28.6 Å². The lowest BCUT2D eigenvalue weighted by molar-refractivity contribution is -0.131. The third-order valence-corrected chi connectivity index (χ3v) is 8.83. The zero-order valence-corrected chi connectivity index (χ0v) is 17.2. The van der Waals surface area contributed by atoms with Crippen molar-refractivity contribution in [1.82, 2.24) is 10.8 Å². The zero-order valence-electron chi connectivity index (χ0n) is 14.7. The summed E-state index contributed by atoms with van der Waals surface area (Å²) in [4.78, 5) is 26.8. The number of hydrogen-bond acceptors (Lipinski definition) is 7. The van der Waals surface area contributed by atoms with E-state index in [2.05, 4.69) is 18.3 Å². The van der Waals surface area contributed by atoms with Crippen molar-refractivity contribution in [2.75, 3.05) is 12.8 Å². The van der Waals surface area contributed by atoms with Crippen LogP contribution in [0.25, 0.3) is 4.91 Å². The van der Waals surface area contributed by atoms with Gasteiger partial charge in [0.05, 0.1) is 4.88 Å². The molecule has 1 aliphatic rings. The van der Waals surface area contributed by atoms with E-state index in [4.69, 9.17) is 5.21 Å². The van der Waals surface area contributed by atoms with Gasteiger partial charge in [0.1, 0.15) is 0 Å². The maximum atomic E-state index is 12.3. The van der Waals surface area contributed by atoms with Crippen LogP contribution in [0.4, 0.5) is 0 Å². The molecule has 1 aromatic heterocycles. The van der Waals surface area contributed by atoms with Crippen LogP contribution in [0, 0.1) is 0 Å². The minimum Gasteiger partial charge on any atom is -0.351 e. The van der Waals surface area contributed by atoms with Crippen LogP contribution in [0.2, 0.25) is 0 Å². The number of carbonyl (C=O) groups is 2. The molecular weight excluding hydrogens is 396 g/mol. The Bertz CT molecular complexity index is 831. The van der Waals surface area contributed by atoms with Crippen LogP contribution in [-0.2, 0) is 14.6 Å². The number of allylic oxidation sites excluding steroid dienone is 1. The van der Waals surface area contributed by atoms with Crippen LogP contribution in [0.3, 0.4) is 0 Å². The highest BCUT2D eigenvalue weighted by molar-refractivity contribution is 8.09. The number of hydroxylamine groups is 1. The number of carbonyl (C=O) groups excluding carboxylic acids is 2. The second kappa shape index (κ2) is 8.12. The lowest BCUT2D eigenvalue weighted by Crippen LogP contribution is -2.50. The molecule has 0 saturated heterocycles. The molecule has 2 rings (SSSR count). The Morgan fingerprint density at radius 2 is 2.08 bits per heavy atom. The Hall–Kier alpha value is -1.36. The van der Waals surface area contributed by atoms with E-state index in [1.807, 2.05) is 6.07 Å². The van der Waals surface area contributed by atoms with Gasteiger partial charge < -0.3 is 5.32 Å². The molecule has 3 N–H and O–H groups in total. The molecule has 0 saturated carbocycles. The van der Waals surface area contributed by atoms with Crippen LogP contribution >= 0.6 is 23.1 Å². The monoisotopic (exact) mass is 418 g/mol. The van der Waals surface area contributed by atoms with E-state index in [0.29, 0.717) is 10.1 Å². The minimum atomic E-state index is -3.78. The fraction of sp³-hybridized carbons (Fsp3) is 0.500. The van der Waals surface area contributed by atoms with Crippen LogP contribution in [-0.4, -0.2) is 48.2 Å². The van der Waals surface area contributed by atoms with Crippen LogP contribution < -0.4 is 10.8 Å². The summed E-state index contributed by atoms with van der Waals surface area (Å²) in [5.41, 5.74) is 1.38. The average Bonchev–Trinajstić information content (AvgIpc) is 3.21. The number of hydrogen-bond donors (Lipinski definition) is 3. The third-order valence-electron chi connectivity index (χ3n) is 4.32. The summed E-state index contributed by atoms with van der Waals surface area (Å²) >= 11 is 3.15.